The van der Waals surface area contributed by atoms with Gasteiger partial charge in [-0.3, -0.25) is 4.79 Å². The Balaban J connectivity index is 1.84. The summed E-state index contributed by atoms with van der Waals surface area (Å²) in [6, 6.07) is 12.8. The lowest BCUT2D eigenvalue weighted by Gasteiger charge is -2.07. The summed E-state index contributed by atoms with van der Waals surface area (Å²) in [4.78, 5) is 16.8. The second-order valence-corrected chi connectivity index (χ2v) is 5.83. The first-order valence-corrected chi connectivity index (χ1v) is 7.69. The Morgan fingerprint density at radius 1 is 1.36 bits per heavy atom. The van der Waals surface area contributed by atoms with Crippen LogP contribution in [0.1, 0.15) is 11.1 Å². The fourth-order valence-corrected chi connectivity index (χ4v) is 2.34. The Kier molecular flexibility index (Phi) is 5.98. The molecule has 4 nitrogen and oxygen atoms in total. The van der Waals surface area contributed by atoms with E-state index in [9.17, 15) is 4.79 Å². The summed E-state index contributed by atoms with van der Waals surface area (Å²) >= 11 is 9.26. The Morgan fingerprint density at radius 2 is 2.14 bits per heavy atom. The fraction of sp³-hybridized carbons (Fsp3) is 0.125. The molecule has 0 atom stereocenters. The average Bonchev–Trinajstić information content (AvgIpc) is 2.48. The van der Waals surface area contributed by atoms with Crippen molar-refractivity contribution in [2.75, 3.05) is 11.9 Å². The molecule has 22 heavy (non-hydrogen) atoms. The van der Waals surface area contributed by atoms with Crippen molar-refractivity contribution in [3.05, 3.63) is 63.1 Å². The maximum absolute atomic E-state index is 11.8. The van der Waals surface area contributed by atoms with Gasteiger partial charge in [0.05, 0.1) is 6.21 Å². The molecule has 0 bridgehead atoms. The number of anilines is 1. The SMILES string of the molecule is Cc1cc(Cl)ccc1NC(=O)CO/N=C\c1ccccc1Br. The van der Waals surface area contributed by atoms with Gasteiger partial charge in [0.2, 0.25) is 0 Å². The monoisotopic (exact) mass is 380 g/mol. The number of rotatable bonds is 5. The first-order valence-electron chi connectivity index (χ1n) is 6.52. The summed E-state index contributed by atoms with van der Waals surface area (Å²) in [5.41, 5.74) is 2.46. The van der Waals surface area contributed by atoms with Crippen molar-refractivity contribution in [1.29, 1.82) is 0 Å². The number of oxime groups is 1. The summed E-state index contributed by atoms with van der Waals surface area (Å²) < 4.78 is 0.906. The molecule has 0 aliphatic carbocycles. The molecule has 0 saturated carbocycles. The van der Waals surface area contributed by atoms with Crippen LogP contribution in [-0.4, -0.2) is 18.7 Å². The third-order valence-electron chi connectivity index (χ3n) is 2.83. The fourth-order valence-electron chi connectivity index (χ4n) is 1.72. The van der Waals surface area contributed by atoms with Crippen molar-refractivity contribution in [2.24, 2.45) is 5.16 Å². The van der Waals surface area contributed by atoms with Crippen LogP contribution < -0.4 is 5.32 Å². The molecule has 0 spiro atoms. The van der Waals surface area contributed by atoms with E-state index in [2.05, 4.69) is 26.4 Å². The summed E-state index contributed by atoms with van der Waals surface area (Å²) in [6.45, 7) is 1.70. The third kappa shape index (κ3) is 4.86. The smallest absolute Gasteiger partial charge is 0.265 e. The molecular formula is C16H14BrClN2O2. The van der Waals surface area contributed by atoms with Crippen LogP contribution in [0.25, 0.3) is 0 Å². The van der Waals surface area contributed by atoms with Gasteiger partial charge in [-0.15, -0.1) is 0 Å². The lowest BCUT2D eigenvalue weighted by molar-refractivity contribution is -0.120. The molecule has 0 aromatic heterocycles. The maximum atomic E-state index is 11.8. The third-order valence-corrected chi connectivity index (χ3v) is 3.79. The molecule has 0 saturated heterocycles. The summed E-state index contributed by atoms with van der Waals surface area (Å²) in [5.74, 6) is -0.283. The molecule has 114 valence electrons. The molecule has 0 radical (unpaired) electrons. The molecule has 6 heteroatoms. The predicted octanol–water partition coefficient (Wildman–Crippen LogP) is 4.40. The molecule has 0 heterocycles. The molecule has 0 fully saturated rings. The van der Waals surface area contributed by atoms with Gasteiger partial charge < -0.3 is 10.2 Å². The van der Waals surface area contributed by atoms with E-state index in [-0.39, 0.29) is 12.5 Å². The zero-order valence-electron chi connectivity index (χ0n) is 11.8. The number of nitrogens with one attached hydrogen (secondary N) is 1. The van der Waals surface area contributed by atoms with Crippen LogP contribution in [-0.2, 0) is 9.63 Å². The van der Waals surface area contributed by atoms with Crippen LogP contribution in [0.5, 0.6) is 0 Å². The zero-order valence-corrected chi connectivity index (χ0v) is 14.2. The van der Waals surface area contributed by atoms with Gasteiger partial charge in [-0.05, 0) is 36.8 Å². The van der Waals surface area contributed by atoms with E-state index in [1.54, 1.807) is 24.4 Å². The zero-order chi connectivity index (χ0) is 15.9. The number of hydrogen-bond donors (Lipinski definition) is 1. The number of aryl methyl sites for hydroxylation is 1. The highest BCUT2D eigenvalue weighted by Gasteiger charge is 2.05. The van der Waals surface area contributed by atoms with Crippen molar-refractivity contribution in [2.45, 2.75) is 6.92 Å². The standard InChI is InChI=1S/C16H14BrClN2O2/c1-11-8-13(18)6-7-15(11)20-16(21)10-22-19-9-12-4-2-3-5-14(12)17/h2-9H,10H2,1H3,(H,20,21)/b19-9-. The van der Waals surface area contributed by atoms with E-state index in [1.165, 1.54) is 0 Å². The number of amides is 1. The minimum absolute atomic E-state index is 0.164. The van der Waals surface area contributed by atoms with E-state index in [0.717, 1.165) is 15.6 Å². The van der Waals surface area contributed by atoms with Crippen LogP contribution >= 0.6 is 27.5 Å². The second kappa shape index (κ2) is 7.96. The molecule has 2 aromatic rings. The first kappa shape index (κ1) is 16.5. The van der Waals surface area contributed by atoms with Gasteiger partial charge >= 0.3 is 0 Å². The number of halogens is 2. The number of carbonyl (C=O) groups is 1. The number of benzene rings is 2. The van der Waals surface area contributed by atoms with Gasteiger partial charge in [0, 0.05) is 20.7 Å². The van der Waals surface area contributed by atoms with Crippen LogP contribution in [0.2, 0.25) is 5.02 Å². The predicted molar refractivity (Wildman–Crippen MR) is 92.5 cm³/mol. The molecule has 1 amide bonds. The van der Waals surface area contributed by atoms with Crippen molar-refractivity contribution in [1.82, 2.24) is 0 Å². The lowest BCUT2D eigenvalue weighted by atomic mass is 10.2. The van der Waals surface area contributed by atoms with E-state index in [1.807, 2.05) is 31.2 Å². The van der Waals surface area contributed by atoms with Gasteiger partial charge in [-0.2, -0.15) is 0 Å². The maximum Gasteiger partial charge on any atom is 0.265 e. The van der Waals surface area contributed by atoms with E-state index < -0.39 is 0 Å². The summed E-state index contributed by atoms with van der Waals surface area (Å²) in [6.07, 6.45) is 1.55. The van der Waals surface area contributed by atoms with Crippen LogP contribution in [0.15, 0.2) is 52.1 Å². The molecule has 0 unspecified atom stereocenters. The van der Waals surface area contributed by atoms with Crippen LogP contribution in [0.4, 0.5) is 5.69 Å². The highest BCUT2D eigenvalue weighted by Crippen LogP contribution is 2.19. The van der Waals surface area contributed by atoms with Crippen molar-refractivity contribution in [3.8, 4) is 0 Å². The van der Waals surface area contributed by atoms with E-state index in [0.29, 0.717) is 10.7 Å². The minimum atomic E-state index is -0.283. The van der Waals surface area contributed by atoms with Gasteiger partial charge in [0.1, 0.15) is 0 Å². The Hall–Kier alpha value is -1.85. The molecule has 0 aliphatic rings. The number of carbonyl (C=O) groups excluding carboxylic acids is 1. The first-order chi connectivity index (χ1) is 10.6. The molecule has 1 N–H and O–H groups in total. The van der Waals surface area contributed by atoms with Gasteiger partial charge in [0.25, 0.3) is 5.91 Å². The average molecular weight is 382 g/mol. The van der Waals surface area contributed by atoms with Crippen molar-refractivity contribution >= 4 is 45.3 Å². The number of nitrogens with zero attached hydrogens (tertiary/aromatic N) is 1. The Morgan fingerprint density at radius 3 is 2.86 bits per heavy atom. The molecular weight excluding hydrogens is 368 g/mol. The van der Waals surface area contributed by atoms with Crippen LogP contribution in [0, 0.1) is 6.92 Å². The highest BCUT2D eigenvalue weighted by atomic mass is 79.9. The second-order valence-electron chi connectivity index (χ2n) is 4.54. The van der Waals surface area contributed by atoms with Crippen molar-refractivity contribution in [3.63, 3.8) is 0 Å². The summed E-state index contributed by atoms with van der Waals surface area (Å²) in [7, 11) is 0. The largest absolute Gasteiger partial charge is 0.386 e. The molecule has 2 aromatic carbocycles. The van der Waals surface area contributed by atoms with Gasteiger partial charge in [-0.1, -0.05) is 50.9 Å². The Bertz CT molecular complexity index is 704. The Labute approximate surface area is 142 Å². The normalized spacial score (nSPS) is 10.7. The van der Waals surface area contributed by atoms with E-state index in [4.69, 9.17) is 16.4 Å². The topological polar surface area (TPSA) is 50.7 Å². The van der Waals surface area contributed by atoms with Crippen LogP contribution in [0.3, 0.4) is 0 Å². The minimum Gasteiger partial charge on any atom is -0.386 e. The summed E-state index contributed by atoms with van der Waals surface area (Å²) in [5, 5.41) is 7.15. The molecule has 0 aliphatic heterocycles. The number of hydrogen-bond acceptors (Lipinski definition) is 3. The lowest BCUT2D eigenvalue weighted by Crippen LogP contribution is -2.17. The van der Waals surface area contributed by atoms with Crippen molar-refractivity contribution < 1.29 is 9.63 Å². The molecule has 2 rings (SSSR count). The van der Waals surface area contributed by atoms with E-state index >= 15 is 0 Å². The van der Waals surface area contributed by atoms with Gasteiger partial charge in [-0.25, -0.2) is 0 Å². The quantitative estimate of drug-likeness (QED) is 0.616. The highest BCUT2D eigenvalue weighted by molar-refractivity contribution is 9.10. The van der Waals surface area contributed by atoms with Gasteiger partial charge in [0.15, 0.2) is 6.61 Å².